The van der Waals surface area contributed by atoms with E-state index in [2.05, 4.69) is 25.3 Å². The molecule has 2 saturated heterocycles. The molecule has 2 rings (SSSR count). The Bertz CT molecular complexity index is 330. The molecule has 0 spiro atoms. The summed E-state index contributed by atoms with van der Waals surface area (Å²) in [5, 5.41) is 0. The smallest absolute Gasteiger partial charge is 0.307 e. The second-order valence-corrected chi connectivity index (χ2v) is 5.49. The molecule has 2 unspecified atom stereocenters. The Kier molecular flexibility index (Phi) is 6.01. The molecule has 0 saturated carbocycles. The SMILES string of the molecule is O=C(CCS)O[C@H]1COC2C1OC[C@H]2OC(=O)CCS. The van der Waals surface area contributed by atoms with E-state index in [0.29, 0.717) is 11.5 Å². The number of fused-ring (bicyclic) bond motifs is 1. The summed E-state index contributed by atoms with van der Waals surface area (Å²) in [6.45, 7) is 0.516. The summed E-state index contributed by atoms with van der Waals surface area (Å²) in [5.74, 6) is 0.221. The van der Waals surface area contributed by atoms with Crippen LogP contribution in [0.3, 0.4) is 0 Å². The lowest BCUT2D eigenvalue weighted by molar-refractivity contribution is -0.154. The first kappa shape index (κ1) is 15.9. The molecule has 2 aliphatic rings. The molecule has 0 aromatic heterocycles. The first-order valence-electron chi connectivity index (χ1n) is 6.49. The lowest BCUT2D eigenvalue weighted by Crippen LogP contribution is -2.36. The highest BCUT2D eigenvalue weighted by atomic mass is 32.1. The summed E-state index contributed by atoms with van der Waals surface area (Å²) < 4.78 is 21.6. The standard InChI is InChI=1S/C12H18O6S2/c13-9(1-3-19)17-7-5-15-12-8(6-16-11(7)12)18-10(14)2-4-20/h7-8,11-12,19-20H,1-6H2/t7-,8+,11?,12?. The van der Waals surface area contributed by atoms with Gasteiger partial charge in [-0.2, -0.15) is 25.3 Å². The summed E-state index contributed by atoms with van der Waals surface area (Å²) in [4.78, 5) is 22.9. The number of ether oxygens (including phenoxy) is 4. The molecule has 0 aliphatic carbocycles. The number of carbonyl (C=O) groups excluding carboxylic acids is 2. The van der Waals surface area contributed by atoms with Crippen molar-refractivity contribution in [3.63, 3.8) is 0 Å². The third-order valence-electron chi connectivity index (χ3n) is 3.16. The topological polar surface area (TPSA) is 71.1 Å². The number of thiol groups is 2. The first-order chi connectivity index (χ1) is 9.65. The quantitative estimate of drug-likeness (QED) is 0.539. The Labute approximate surface area is 128 Å². The number of hydrogen-bond donors (Lipinski definition) is 2. The molecule has 0 radical (unpaired) electrons. The number of carbonyl (C=O) groups is 2. The second kappa shape index (κ2) is 7.53. The fourth-order valence-corrected chi connectivity index (χ4v) is 2.63. The molecule has 2 heterocycles. The van der Waals surface area contributed by atoms with Gasteiger partial charge in [0.05, 0.1) is 26.1 Å². The van der Waals surface area contributed by atoms with E-state index in [1.807, 2.05) is 0 Å². The molecule has 0 amide bonds. The average Bonchev–Trinajstić information content (AvgIpc) is 2.95. The van der Waals surface area contributed by atoms with Crippen molar-refractivity contribution < 1.29 is 28.5 Å². The fourth-order valence-electron chi connectivity index (χ4n) is 2.27. The van der Waals surface area contributed by atoms with Crippen molar-refractivity contribution in [2.24, 2.45) is 0 Å². The summed E-state index contributed by atoms with van der Waals surface area (Å²) in [7, 11) is 0. The minimum Gasteiger partial charge on any atom is -0.457 e. The lowest BCUT2D eigenvalue weighted by Gasteiger charge is -2.17. The molecule has 4 atom stereocenters. The van der Waals surface area contributed by atoms with Crippen molar-refractivity contribution in [1.29, 1.82) is 0 Å². The van der Waals surface area contributed by atoms with Crippen molar-refractivity contribution >= 4 is 37.2 Å². The maximum absolute atomic E-state index is 11.5. The zero-order valence-corrected chi connectivity index (χ0v) is 12.7. The molecule has 2 fully saturated rings. The van der Waals surface area contributed by atoms with Gasteiger partial charge in [-0.15, -0.1) is 0 Å². The van der Waals surface area contributed by atoms with E-state index in [4.69, 9.17) is 18.9 Å². The van der Waals surface area contributed by atoms with Crippen LogP contribution in [0.1, 0.15) is 12.8 Å². The van der Waals surface area contributed by atoms with Gasteiger partial charge in [0.2, 0.25) is 0 Å². The van der Waals surface area contributed by atoms with Crippen molar-refractivity contribution in [3.8, 4) is 0 Å². The Morgan fingerprint density at radius 2 is 1.30 bits per heavy atom. The lowest BCUT2D eigenvalue weighted by atomic mass is 10.1. The highest BCUT2D eigenvalue weighted by Crippen LogP contribution is 2.30. The van der Waals surface area contributed by atoms with E-state index >= 15 is 0 Å². The maximum atomic E-state index is 11.5. The van der Waals surface area contributed by atoms with E-state index in [-0.39, 0.29) is 50.2 Å². The van der Waals surface area contributed by atoms with Crippen LogP contribution < -0.4 is 0 Å². The van der Waals surface area contributed by atoms with Crippen LogP contribution in [0.5, 0.6) is 0 Å². The molecule has 2 aliphatic heterocycles. The minimum atomic E-state index is -0.444. The minimum absolute atomic E-state index is 0.247. The van der Waals surface area contributed by atoms with E-state index in [9.17, 15) is 9.59 Å². The van der Waals surface area contributed by atoms with Gasteiger partial charge in [0.25, 0.3) is 0 Å². The molecule has 0 N–H and O–H groups in total. The van der Waals surface area contributed by atoms with Crippen LogP contribution in [0.15, 0.2) is 0 Å². The van der Waals surface area contributed by atoms with E-state index < -0.39 is 12.2 Å². The Morgan fingerprint density at radius 1 is 0.900 bits per heavy atom. The van der Waals surface area contributed by atoms with Crippen LogP contribution in [0, 0.1) is 0 Å². The van der Waals surface area contributed by atoms with Crippen LogP contribution in [0.4, 0.5) is 0 Å². The third-order valence-corrected chi connectivity index (χ3v) is 3.61. The zero-order chi connectivity index (χ0) is 14.5. The molecule has 20 heavy (non-hydrogen) atoms. The fraction of sp³-hybridized carbons (Fsp3) is 0.833. The van der Waals surface area contributed by atoms with E-state index in [1.54, 1.807) is 0 Å². The summed E-state index contributed by atoms with van der Waals surface area (Å²) >= 11 is 7.95. The van der Waals surface area contributed by atoms with Crippen LogP contribution >= 0.6 is 25.3 Å². The average molecular weight is 322 g/mol. The summed E-state index contributed by atoms with van der Waals surface area (Å²) in [6, 6.07) is 0. The highest BCUT2D eigenvalue weighted by molar-refractivity contribution is 7.80. The predicted octanol–water partition coefficient (Wildman–Crippen LogP) is 0.247. The molecular weight excluding hydrogens is 304 g/mol. The van der Waals surface area contributed by atoms with Gasteiger partial charge in [-0.05, 0) is 0 Å². The summed E-state index contributed by atoms with van der Waals surface area (Å²) in [5.41, 5.74) is 0. The second-order valence-electron chi connectivity index (χ2n) is 4.60. The molecule has 6 nitrogen and oxygen atoms in total. The van der Waals surface area contributed by atoms with Gasteiger partial charge in [0, 0.05) is 11.5 Å². The van der Waals surface area contributed by atoms with Gasteiger partial charge in [0.15, 0.2) is 12.2 Å². The third kappa shape index (κ3) is 3.81. The van der Waals surface area contributed by atoms with E-state index in [1.165, 1.54) is 0 Å². The van der Waals surface area contributed by atoms with Gasteiger partial charge >= 0.3 is 11.9 Å². The maximum Gasteiger partial charge on any atom is 0.307 e. The van der Waals surface area contributed by atoms with Gasteiger partial charge in [-0.25, -0.2) is 0 Å². The Balaban J connectivity index is 1.84. The van der Waals surface area contributed by atoms with Crippen molar-refractivity contribution in [3.05, 3.63) is 0 Å². The molecule has 0 aromatic rings. The molecule has 8 heteroatoms. The molecule has 114 valence electrons. The van der Waals surface area contributed by atoms with Crippen molar-refractivity contribution in [2.75, 3.05) is 24.7 Å². The highest BCUT2D eigenvalue weighted by Gasteiger charge is 2.51. The van der Waals surface area contributed by atoms with Crippen LogP contribution in [0.2, 0.25) is 0 Å². The van der Waals surface area contributed by atoms with Crippen molar-refractivity contribution in [1.82, 2.24) is 0 Å². The van der Waals surface area contributed by atoms with Crippen LogP contribution in [-0.2, 0) is 28.5 Å². The number of esters is 2. The predicted molar refractivity (Wildman–Crippen MR) is 76.2 cm³/mol. The van der Waals surface area contributed by atoms with Gasteiger partial charge in [-0.3, -0.25) is 9.59 Å². The molecule has 0 bridgehead atoms. The Hall–Kier alpha value is -0.440. The normalized spacial score (nSPS) is 31.9. The van der Waals surface area contributed by atoms with Gasteiger partial charge < -0.3 is 18.9 Å². The van der Waals surface area contributed by atoms with Crippen LogP contribution in [0.25, 0.3) is 0 Å². The van der Waals surface area contributed by atoms with Crippen molar-refractivity contribution in [2.45, 2.75) is 37.3 Å². The largest absolute Gasteiger partial charge is 0.457 e. The Morgan fingerprint density at radius 3 is 1.65 bits per heavy atom. The molecular formula is C12H18O6S2. The molecule has 0 aromatic carbocycles. The van der Waals surface area contributed by atoms with Gasteiger partial charge in [-0.1, -0.05) is 0 Å². The monoisotopic (exact) mass is 322 g/mol. The number of rotatable bonds is 6. The van der Waals surface area contributed by atoms with E-state index in [0.717, 1.165) is 0 Å². The number of hydrogen-bond acceptors (Lipinski definition) is 8. The summed E-state index contributed by atoms with van der Waals surface area (Å²) in [6.07, 6.45) is -1.13. The van der Waals surface area contributed by atoms with Crippen LogP contribution in [-0.4, -0.2) is 61.1 Å². The zero-order valence-electron chi connectivity index (χ0n) is 10.9. The van der Waals surface area contributed by atoms with Gasteiger partial charge in [0.1, 0.15) is 12.2 Å². The first-order valence-corrected chi connectivity index (χ1v) is 7.76.